The molecule has 0 fully saturated rings. The molecule has 3 N–H and O–H groups in total. The molecule has 1 amide bonds. The van der Waals surface area contributed by atoms with Crippen molar-refractivity contribution in [2.45, 2.75) is 0 Å². The number of rotatable bonds is 3. The molecule has 0 aliphatic rings. The highest BCUT2D eigenvalue weighted by Gasteiger charge is 2.19. The summed E-state index contributed by atoms with van der Waals surface area (Å²) in [7, 11) is 0. The van der Waals surface area contributed by atoms with Crippen LogP contribution in [0.3, 0.4) is 0 Å². The van der Waals surface area contributed by atoms with Crippen LogP contribution in [0.5, 0.6) is 0 Å². The third kappa shape index (κ3) is 3.66. The first kappa shape index (κ1) is 19.0. The molecule has 0 saturated heterocycles. The zero-order valence-electron chi connectivity index (χ0n) is 14.2. The van der Waals surface area contributed by atoms with Crippen LogP contribution in [-0.2, 0) is 0 Å². The maximum atomic E-state index is 12.7. The number of hydrogen-bond acceptors (Lipinski definition) is 4. The van der Waals surface area contributed by atoms with E-state index < -0.39 is 0 Å². The number of amides is 1. The van der Waals surface area contributed by atoms with E-state index in [1.165, 1.54) is 11.3 Å². The van der Waals surface area contributed by atoms with Crippen LogP contribution in [0.1, 0.15) is 9.67 Å². The van der Waals surface area contributed by atoms with E-state index in [4.69, 9.17) is 40.5 Å². The summed E-state index contributed by atoms with van der Waals surface area (Å²) < 4.78 is 0. The molecule has 4 rings (SSSR count). The van der Waals surface area contributed by atoms with Gasteiger partial charge in [0.25, 0.3) is 5.91 Å². The van der Waals surface area contributed by atoms with Crippen LogP contribution in [0, 0.1) is 0 Å². The van der Waals surface area contributed by atoms with Gasteiger partial charge in [-0.25, -0.2) is 4.98 Å². The van der Waals surface area contributed by atoms with Gasteiger partial charge in [-0.2, -0.15) is 0 Å². The van der Waals surface area contributed by atoms with Gasteiger partial charge in [0.1, 0.15) is 9.71 Å². The lowest BCUT2D eigenvalue weighted by Crippen LogP contribution is -2.12. The number of hydrogen-bond donors (Lipinski definition) is 2. The van der Waals surface area contributed by atoms with E-state index in [2.05, 4.69) is 10.3 Å². The Morgan fingerprint density at radius 3 is 2.39 bits per heavy atom. The van der Waals surface area contributed by atoms with Crippen LogP contribution < -0.4 is 11.1 Å². The Labute approximate surface area is 179 Å². The minimum atomic E-state index is -0.349. The summed E-state index contributed by atoms with van der Waals surface area (Å²) >= 11 is 19.2. The third-order valence-electron chi connectivity index (χ3n) is 4.12. The quantitative estimate of drug-likeness (QED) is 0.364. The number of carbonyl (C=O) groups is 1. The van der Waals surface area contributed by atoms with Crippen LogP contribution in [0.15, 0.2) is 54.6 Å². The van der Waals surface area contributed by atoms with Crippen molar-refractivity contribution in [2.75, 3.05) is 11.1 Å². The topological polar surface area (TPSA) is 68.0 Å². The van der Waals surface area contributed by atoms with Gasteiger partial charge in [-0.15, -0.1) is 11.3 Å². The maximum Gasteiger partial charge on any atom is 0.267 e. The fourth-order valence-corrected chi connectivity index (χ4v) is 4.29. The molecule has 0 radical (unpaired) electrons. The highest BCUT2D eigenvalue weighted by Crippen LogP contribution is 2.35. The van der Waals surface area contributed by atoms with Gasteiger partial charge in [-0.05, 0) is 42.5 Å². The molecule has 2 aromatic heterocycles. The Hall–Kier alpha value is -2.31. The van der Waals surface area contributed by atoms with Crippen molar-refractivity contribution in [3.05, 3.63) is 74.5 Å². The van der Waals surface area contributed by atoms with E-state index in [9.17, 15) is 4.79 Å². The Balaban J connectivity index is 1.68. The Morgan fingerprint density at radius 1 is 0.964 bits per heavy atom. The van der Waals surface area contributed by atoms with Gasteiger partial charge in [0.15, 0.2) is 0 Å². The van der Waals surface area contributed by atoms with Crippen molar-refractivity contribution in [1.82, 2.24) is 4.98 Å². The first-order valence-corrected chi connectivity index (χ1v) is 10.1. The number of carbonyl (C=O) groups excluding carboxylic acids is 1. The van der Waals surface area contributed by atoms with Crippen molar-refractivity contribution < 1.29 is 4.79 Å². The molecule has 0 saturated carbocycles. The van der Waals surface area contributed by atoms with Crippen LogP contribution >= 0.6 is 46.1 Å². The molecule has 0 bridgehead atoms. The number of benzene rings is 2. The van der Waals surface area contributed by atoms with E-state index in [1.807, 2.05) is 24.3 Å². The lowest BCUT2D eigenvalue weighted by atomic mass is 10.1. The van der Waals surface area contributed by atoms with E-state index in [0.717, 1.165) is 16.6 Å². The number of anilines is 2. The van der Waals surface area contributed by atoms with Gasteiger partial charge in [0.05, 0.1) is 22.1 Å². The predicted molar refractivity (Wildman–Crippen MR) is 119 cm³/mol. The van der Waals surface area contributed by atoms with Crippen molar-refractivity contribution in [3.8, 4) is 11.3 Å². The molecule has 8 heteroatoms. The highest BCUT2D eigenvalue weighted by atomic mass is 35.5. The maximum absolute atomic E-state index is 12.7. The minimum Gasteiger partial charge on any atom is -0.397 e. The molecule has 0 aliphatic heterocycles. The van der Waals surface area contributed by atoms with E-state index in [-0.39, 0.29) is 5.91 Å². The Kier molecular flexibility index (Phi) is 5.17. The summed E-state index contributed by atoms with van der Waals surface area (Å²) in [6.07, 6.45) is 0. The number of nitrogens with one attached hydrogen (secondary N) is 1. The SMILES string of the molecule is Nc1c(C(=O)Nc2ccc(Cl)cc2Cl)sc2nc(-c3ccc(Cl)cc3)ccc12. The first-order chi connectivity index (χ1) is 13.4. The van der Waals surface area contributed by atoms with Crippen LogP contribution in [0.4, 0.5) is 11.4 Å². The lowest BCUT2D eigenvalue weighted by Gasteiger charge is -2.06. The average molecular weight is 449 g/mol. The number of pyridine rings is 1. The van der Waals surface area contributed by atoms with Gasteiger partial charge in [-0.3, -0.25) is 4.79 Å². The number of aromatic nitrogens is 1. The van der Waals surface area contributed by atoms with E-state index in [0.29, 0.717) is 36.2 Å². The molecule has 0 aliphatic carbocycles. The van der Waals surface area contributed by atoms with Gasteiger partial charge in [-0.1, -0.05) is 46.9 Å². The fourth-order valence-electron chi connectivity index (χ4n) is 2.72. The number of fused-ring (bicyclic) bond motifs is 1. The highest BCUT2D eigenvalue weighted by molar-refractivity contribution is 7.21. The van der Waals surface area contributed by atoms with E-state index in [1.54, 1.807) is 30.3 Å². The van der Waals surface area contributed by atoms with Crippen molar-refractivity contribution in [3.63, 3.8) is 0 Å². The van der Waals surface area contributed by atoms with Crippen LogP contribution in [0.2, 0.25) is 15.1 Å². The third-order valence-corrected chi connectivity index (χ3v) is 6.03. The second-order valence-electron chi connectivity index (χ2n) is 5.98. The summed E-state index contributed by atoms with van der Waals surface area (Å²) in [5.74, 6) is -0.349. The molecule has 140 valence electrons. The molecule has 2 aromatic carbocycles. The minimum absolute atomic E-state index is 0.349. The number of thiophene rings is 1. The molecular weight excluding hydrogens is 437 g/mol. The second-order valence-corrected chi connectivity index (χ2v) is 8.26. The summed E-state index contributed by atoms with van der Waals surface area (Å²) in [5.41, 5.74) is 8.75. The van der Waals surface area contributed by atoms with Gasteiger partial charge in [0.2, 0.25) is 0 Å². The zero-order chi connectivity index (χ0) is 19.8. The molecule has 4 aromatic rings. The molecule has 2 heterocycles. The largest absolute Gasteiger partial charge is 0.397 e. The van der Waals surface area contributed by atoms with Crippen LogP contribution in [-0.4, -0.2) is 10.9 Å². The Morgan fingerprint density at radius 2 is 1.68 bits per heavy atom. The zero-order valence-corrected chi connectivity index (χ0v) is 17.3. The summed E-state index contributed by atoms with van der Waals surface area (Å²) in [4.78, 5) is 18.4. The monoisotopic (exact) mass is 447 g/mol. The standard InChI is InChI=1S/C20H12Cl3N3OS/c21-11-3-1-10(2-4-11)15-8-6-13-17(24)18(28-20(13)26-15)19(27)25-16-7-5-12(22)9-14(16)23/h1-9H,24H2,(H,25,27). The van der Waals surface area contributed by atoms with Gasteiger partial charge >= 0.3 is 0 Å². The molecule has 4 nitrogen and oxygen atoms in total. The van der Waals surface area contributed by atoms with E-state index >= 15 is 0 Å². The van der Waals surface area contributed by atoms with Crippen molar-refractivity contribution in [2.24, 2.45) is 0 Å². The Bertz CT molecular complexity index is 1210. The van der Waals surface area contributed by atoms with Crippen molar-refractivity contribution >= 4 is 73.6 Å². The number of halogens is 3. The number of nitrogens with zero attached hydrogens (tertiary/aromatic N) is 1. The van der Waals surface area contributed by atoms with Gasteiger partial charge < -0.3 is 11.1 Å². The van der Waals surface area contributed by atoms with Crippen LogP contribution in [0.25, 0.3) is 21.5 Å². The summed E-state index contributed by atoms with van der Waals surface area (Å²) in [6.45, 7) is 0. The predicted octanol–water partition coefficient (Wildman–Crippen LogP) is 6.76. The normalized spacial score (nSPS) is 11.0. The second kappa shape index (κ2) is 7.60. The number of nitrogens with two attached hydrogens (primary N) is 1. The average Bonchev–Trinajstić information content (AvgIpc) is 3.01. The summed E-state index contributed by atoms with van der Waals surface area (Å²) in [6, 6.07) is 16.0. The smallest absolute Gasteiger partial charge is 0.267 e. The number of nitrogen functional groups attached to an aromatic ring is 1. The first-order valence-electron chi connectivity index (χ1n) is 8.14. The van der Waals surface area contributed by atoms with Crippen molar-refractivity contribution in [1.29, 1.82) is 0 Å². The van der Waals surface area contributed by atoms with Gasteiger partial charge in [0, 0.05) is 21.0 Å². The lowest BCUT2D eigenvalue weighted by molar-refractivity contribution is 0.103. The fraction of sp³-hybridized carbons (Fsp3) is 0. The molecule has 0 unspecified atom stereocenters. The molecule has 0 atom stereocenters. The molecular formula is C20H12Cl3N3OS. The molecule has 0 spiro atoms. The molecule has 28 heavy (non-hydrogen) atoms. The summed E-state index contributed by atoms with van der Waals surface area (Å²) in [5, 5.41) is 5.00.